The Morgan fingerprint density at radius 2 is 2.23 bits per heavy atom. The predicted octanol–water partition coefficient (Wildman–Crippen LogP) is 1.35. The molecule has 1 rings (SSSR count). The number of rotatable bonds is 1. The van der Waals surface area contributed by atoms with Crippen LogP contribution in [-0.2, 0) is 0 Å². The number of hydrogen-bond acceptors (Lipinski definition) is 2. The van der Waals surface area contributed by atoms with E-state index in [1.54, 1.807) is 0 Å². The monoisotopic (exact) mass is 195 g/mol. The van der Waals surface area contributed by atoms with E-state index in [0.717, 1.165) is 6.07 Å². The van der Waals surface area contributed by atoms with Gasteiger partial charge in [0.05, 0.1) is 11.6 Å². The van der Waals surface area contributed by atoms with Crippen LogP contribution in [0.2, 0.25) is 0 Å². The zero-order valence-corrected chi connectivity index (χ0v) is 7.36. The van der Waals surface area contributed by atoms with Crippen LogP contribution in [0.5, 0.6) is 0 Å². The molecule has 0 aliphatic carbocycles. The lowest BCUT2D eigenvalue weighted by atomic mass is 10.2. The minimum absolute atomic E-state index is 0.0366. The van der Waals surface area contributed by atoms with E-state index in [2.05, 4.69) is 17.5 Å². The van der Waals surface area contributed by atoms with Gasteiger partial charge in [-0.05, 0) is 30.4 Å². The fourth-order valence-corrected chi connectivity index (χ4v) is 0.986. The predicted molar refractivity (Wildman–Crippen MR) is 51.5 cm³/mol. The Labute approximate surface area is 80.0 Å². The van der Waals surface area contributed by atoms with Crippen LogP contribution in [0.4, 0.5) is 10.1 Å². The summed E-state index contributed by atoms with van der Waals surface area (Å²) < 4.78 is 12.8. The quantitative estimate of drug-likeness (QED) is 0.664. The molecule has 0 saturated heterocycles. The Bertz CT molecular complexity index is 383. The molecule has 0 atom stereocenters. The van der Waals surface area contributed by atoms with Crippen molar-refractivity contribution < 1.29 is 4.39 Å². The summed E-state index contributed by atoms with van der Waals surface area (Å²) >= 11 is 4.56. The molecule has 0 bridgehead atoms. The van der Waals surface area contributed by atoms with Crippen LogP contribution in [0.3, 0.4) is 0 Å². The highest BCUT2D eigenvalue weighted by molar-refractivity contribution is 7.80. The Morgan fingerprint density at radius 1 is 1.54 bits per heavy atom. The highest BCUT2D eigenvalue weighted by atomic mass is 32.1. The standard InChI is InChI=1S/C8H6FN3S/c9-6-1-5(4-10)2-7(3-6)12-8(11)13/h1-3H,(H3,11,12,13). The number of hydrogen-bond donors (Lipinski definition) is 2. The number of benzene rings is 1. The lowest BCUT2D eigenvalue weighted by molar-refractivity contribution is 0.628. The van der Waals surface area contributed by atoms with Gasteiger partial charge in [0.1, 0.15) is 5.82 Å². The molecule has 0 spiro atoms. The van der Waals surface area contributed by atoms with Crippen LogP contribution in [-0.4, -0.2) is 5.11 Å². The van der Waals surface area contributed by atoms with Crippen LogP contribution in [0.25, 0.3) is 0 Å². The maximum atomic E-state index is 12.8. The molecule has 1 aromatic carbocycles. The summed E-state index contributed by atoms with van der Waals surface area (Å²) in [6.07, 6.45) is 0. The summed E-state index contributed by atoms with van der Waals surface area (Å²) in [6.45, 7) is 0. The first-order valence-corrected chi connectivity index (χ1v) is 3.80. The second kappa shape index (κ2) is 3.83. The molecule has 0 fully saturated rings. The number of nitriles is 1. The van der Waals surface area contributed by atoms with E-state index in [9.17, 15) is 4.39 Å². The number of halogens is 1. The van der Waals surface area contributed by atoms with Crippen molar-refractivity contribution in [1.29, 1.82) is 5.26 Å². The SMILES string of the molecule is N#Cc1cc(F)cc(NC(N)=S)c1. The van der Waals surface area contributed by atoms with Gasteiger partial charge in [0, 0.05) is 5.69 Å². The summed E-state index contributed by atoms with van der Waals surface area (Å²) in [5.74, 6) is -0.502. The van der Waals surface area contributed by atoms with Crippen molar-refractivity contribution in [3.8, 4) is 6.07 Å². The van der Waals surface area contributed by atoms with E-state index < -0.39 is 5.82 Å². The average molecular weight is 195 g/mol. The zero-order valence-electron chi connectivity index (χ0n) is 6.54. The fourth-order valence-electron chi connectivity index (χ4n) is 0.869. The van der Waals surface area contributed by atoms with Gasteiger partial charge in [-0.15, -0.1) is 0 Å². The van der Waals surface area contributed by atoms with E-state index >= 15 is 0 Å². The smallest absolute Gasteiger partial charge is 0.168 e. The lowest BCUT2D eigenvalue weighted by Gasteiger charge is -2.03. The van der Waals surface area contributed by atoms with E-state index in [1.165, 1.54) is 12.1 Å². The molecule has 3 nitrogen and oxygen atoms in total. The Kier molecular flexibility index (Phi) is 2.77. The number of nitrogens with zero attached hydrogens (tertiary/aromatic N) is 1. The Hall–Kier alpha value is -1.67. The van der Waals surface area contributed by atoms with Gasteiger partial charge in [-0.2, -0.15) is 5.26 Å². The van der Waals surface area contributed by atoms with Gasteiger partial charge in [0.15, 0.2) is 5.11 Å². The summed E-state index contributed by atoms with van der Waals surface area (Å²) in [6, 6.07) is 5.62. The largest absolute Gasteiger partial charge is 0.376 e. The van der Waals surface area contributed by atoms with Crippen molar-refractivity contribution in [2.24, 2.45) is 5.73 Å². The third-order valence-corrected chi connectivity index (χ3v) is 1.40. The maximum absolute atomic E-state index is 12.8. The first-order chi connectivity index (χ1) is 6.11. The minimum atomic E-state index is -0.502. The number of anilines is 1. The molecule has 0 amide bonds. The molecule has 66 valence electrons. The Morgan fingerprint density at radius 3 is 2.77 bits per heavy atom. The third-order valence-electron chi connectivity index (χ3n) is 1.29. The van der Waals surface area contributed by atoms with Crippen molar-refractivity contribution >= 4 is 23.0 Å². The fraction of sp³-hybridized carbons (Fsp3) is 0. The van der Waals surface area contributed by atoms with Gasteiger partial charge in [0.2, 0.25) is 0 Å². The first kappa shape index (κ1) is 9.42. The molecule has 5 heteroatoms. The summed E-state index contributed by atoms with van der Waals surface area (Å²) in [5.41, 5.74) is 5.78. The molecule has 0 heterocycles. The number of thiocarbonyl (C=S) groups is 1. The molecule has 0 aliphatic rings. The summed E-state index contributed by atoms with van der Waals surface area (Å²) in [5, 5.41) is 11.1. The molecule has 13 heavy (non-hydrogen) atoms. The molecule has 3 N–H and O–H groups in total. The normalized spacial score (nSPS) is 8.92. The van der Waals surface area contributed by atoms with E-state index in [0.29, 0.717) is 5.69 Å². The van der Waals surface area contributed by atoms with Crippen LogP contribution < -0.4 is 11.1 Å². The van der Waals surface area contributed by atoms with Crippen molar-refractivity contribution in [2.45, 2.75) is 0 Å². The van der Waals surface area contributed by atoms with Gasteiger partial charge in [-0.1, -0.05) is 0 Å². The second-order valence-corrected chi connectivity index (χ2v) is 2.77. The van der Waals surface area contributed by atoms with Gasteiger partial charge < -0.3 is 11.1 Å². The first-order valence-electron chi connectivity index (χ1n) is 3.39. The van der Waals surface area contributed by atoms with Crippen LogP contribution in [0.15, 0.2) is 18.2 Å². The molecule has 1 aromatic rings. The molecule has 0 aliphatic heterocycles. The zero-order chi connectivity index (χ0) is 9.84. The number of nitrogens with two attached hydrogens (primary N) is 1. The summed E-state index contributed by atoms with van der Waals surface area (Å²) in [7, 11) is 0. The molecule has 0 unspecified atom stereocenters. The van der Waals surface area contributed by atoms with Gasteiger partial charge in [-0.25, -0.2) is 4.39 Å². The van der Waals surface area contributed by atoms with Crippen molar-refractivity contribution in [3.63, 3.8) is 0 Å². The van der Waals surface area contributed by atoms with E-state index in [4.69, 9.17) is 11.0 Å². The minimum Gasteiger partial charge on any atom is -0.376 e. The molecule has 0 aromatic heterocycles. The summed E-state index contributed by atoms with van der Waals surface area (Å²) in [4.78, 5) is 0. The highest BCUT2D eigenvalue weighted by Gasteiger charge is 2.00. The van der Waals surface area contributed by atoms with Crippen LogP contribution in [0.1, 0.15) is 5.56 Å². The molecule has 0 saturated carbocycles. The van der Waals surface area contributed by atoms with Gasteiger partial charge >= 0.3 is 0 Å². The van der Waals surface area contributed by atoms with E-state index in [-0.39, 0.29) is 10.7 Å². The lowest BCUT2D eigenvalue weighted by Crippen LogP contribution is -2.18. The van der Waals surface area contributed by atoms with Gasteiger partial charge in [-0.3, -0.25) is 0 Å². The van der Waals surface area contributed by atoms with E-state index in [1.807, 2.05) is 6.07 Å². The second-order valence-electron chi connectivity index (χ2n) is 2.33. The average Bonchev–Trinajstić information content (AvgIpc) is 2.01. The topological polar surface area (TPSA) is 61.8 Å². The van der Waals surface area contributed by atoms with Gasteiger partial charge in [0.25, 0.3) is 0 Å². The van der Waals surface area contributed by atoms with Crippen molar-refractivity contribution in [3.05, 3.63) is 29.6 Å². The molecule has 0 radical (unpaired) electrons. The van der Waals surface area contributed by atoms with Crippen LogP contribution in [0, 0.1) is 17.1 Å². The van der Waals surface area contributed by atoms with Crippen molar-refractivity contribution in [1.82, 2.24) is 0 Å². The third kappa shape index (κ3) is 2.69. The molecular formula is C8H6FN3S. The van der Waals surface area contributed by atoms with Crippen LogP contribution >= 0.6 is 12.2 Å². The highest BCUT2D eigenvalue weighted by Crippen LogP contribution is 2.12. The maximum Gasteiger partial charge on any atom is 0.168 e. The Balaban J connectivity index is 3.03. The molecular weight excluding hydrogens is 189 g/mol. The number of nitrogens with one attached hydrogen (secondary N) is 1. The van der Waals surface area contributed by atoms with Crippen molar-refractivity contribution in [2.75, 3.05) is 5.32 Å².